The van der Waals surface area contributed by atoms with E-state index in [-0.39, 0.29) is 17.7 Å². The topological polar surface area (TPSA) is 63.4 Å². The van der Waals surface area contributed by atoms with Gasteiger partial charge < -0.3 is 10.6 Å². The second-order valence-electron chi connectivity index (χ2n) is 4.64. The zero-order valence-corrected chi connectivity index (χ0v) is 11.3. The number of nitrogens with zero attached hydrogens (tertiary/aromatic N) is 1. The summed E-state index contributed by atoms with van der Waals surface area (Å²) in [6.07, 6.45) is 3.15. The molecule has 1 saturated heterocycles. The van der Waals surface area contributed by atoms with Crippen molar-refractivity contribution in [2.45, 2.75) is 32.2 Å². The molecule has 18 heavy (non-hydrogen) atoms. The molecule has 1 aromatic rings. The van der Waals surface area contributed by atoms with Crippen LogP contribution >= 0.6 is 11.3 Å². The van der Waals surface area contributed by atoms with E-state index in [1.165, 1.54) is 18.3 Å². The van der Waals surface area contributed by atoms with Gasteiger partial charge in [0, 0.05) is 30.1 Å². The van der Waals surface area contributed by atoms with Crippen molar-refractivity contribution in [1.82, 2.24) is 4.90 Å². The van der Waals surface area contributed by atoms with Crippen molar-refractivity contribution in [3.63, 3.8) is 0 Å². The van der Waals surface area contributed by atoms with Gasteiger partial charge in [0.2, 0.25) is 0 Å². The Morgan fingerprint density at radius 2 is 2.28 bits per heavy atom. The standard InChI is InChI=1S/C13H18N2O2S/c1-9(16)10-6-12(18-8-10)13(17)15-5-3-2-4-11(15)7-14/h6,8,11H,2-5,7,14H2,1H3. The zero-order valence-electron chi connectivity index (χ0n) is 10.5. The number of carbonyl (C=O) groups is 2. The third-order valence-electron chi connectivity index (χ3n) is 3.38. The summed E-state index contributed by atoms with van der Waals surface area (Å²) in [6, 6.07) is 1.84. The minimum absolute atomic E-state index is 0.000631. The lowest BCUT2D eigenvalue weighted by Gasteiger charge is -2.34. The minimum atomic E-state index is -0.000631. The average molecular weight is 266 g/mol. The van der Waals surface area contributed by atoms with E-state index in [4.69, 9.17) is 5.73 Å². The van der Waals surface area contributed by atoms with Gasteiger partial charge in [0.25, 0.3) is 5.91 Å². The van der Waals surface area contributed by atoms with Crippen molar-refractivity contribution in [2.24, 2.45) is 5.73 Å². The maximum absolute atomic E-state index is 12.4. The molecule has 1 fully saturated rings. The van der Waals surface area contributed by atoms with E-state index in [1.54, 1.807) is 11.4 Å². The van der Waals surface area contributed by atoms with E-state index in [0.29, 0.717) is 17.0 Å². The first-order chi connectivity index (χ1) is 8.63. The van der Waals surface area contributed by atoms with Crippen LogP contribution in [-0.4, -0.2) is 35.7 Å². The molecule has 0 radical (unpaired) electrons. The van der Waals surface area contributed by atoms with Crippen molar-refractivity contribution >= 4 is 23.0 Å². The molecule has 0 aromatic carbocycles. The van der Waals surface area contributed by atoms with Crippen LogP contribution in [0.5, 0.6) is 0 Å². The lowest BCUT2D eigenvalue weighted by Crippen LogP contribution is -2.47. The van der Waals surface area contributed by atoms with Crippen molar-refractivity contribution in [3.05, 3.63) is 21.9 Å². The number of piperidine rings is 1. The molecule has 0 bridgehead atoms. The number of amides is 1. The molecule has 98 valence electrons. The third kappa shape index (κ3) is 2.62. The summed E-state index contributed by atoms with van der Waals surface area (Å²) in [4.78, 5) is 26.1. The van der Waals surface area contributed by atoms with Crippen LogP contribution in [0.25, 0.3) is 0 Å². The van der Waals surface area contributed by atoms with Gasteiger partial charge in [-0.25, -0.2) is 0 Å². The maximum atomic E-state index is 12.4. The summed E-state index contributed by atoms with van der Waals surface area (Å²) >= 11 is 1.34. The molecule has 1 atom stereocenters. The highest BCUT2D eigenvalue weighted by molar-refractivity contribution is 7.12. The highest BCUT2D eigenvalue weighted by Gasteiger charge is 2.27. The monoisotopic (exact) mass is 266 g/mol. The van der Waals surface area contributed by atoms with Crippen LogP contribution in [0.3, 0.4) is 0 Å². The first-order valence-corrected chi connectivity index (χ1v) is 7.12. The van der Waals surface area contributed by atoms with Gasteiger partial charge in [-0.3, -0.25) is 9.59 Å². The normalized spacial score (nSPS) is 19.9. The summed E-state index contributed by atoms with van der Waals surface area (Å²) in [7, 11) is 0. The molecule has 1 aliphatic rings. The molecule has 1 unspecified atom stereocenters. The fraction of sp³-hybridized carbons (Fsp3) is 0.538. The molecule has 2 rings (SSSR count). The van der Waals surface area contributed by atoms with E-state index >= 15 is 0 Å². The van der Waals surface area contributed by atoms with Crippen molar-refractivity contribution in [1.29, 1.82) is 0 Å². The fourth-order valence-electron chi connectivity index (χ4n) is 2.29. The SMILES string of the molecule is CC(=O)c1csc(C(=O)N2CCCCC2CN)c1. The quantitative estimate of drug-likeness (QED) is 0.850. The molecular weight excluding hydrogens is 248 g/mol. The maximum Gasteiger partial charge on any atom is 0.264 e. The Labute approximate surface area is 111 Å². The van der Waals surface area contributed by atoms with Crippen LogP contribution in [0, 0.1) is 0 Å². The molecule has 1 aliphatic heterocycles. The highest BCUT2D eigenvalue weighted by atomic mass is 32.1. The molecule has 4 nitrogen and oxygen atoms in total. The van der Waals surface area contributed by atoms with Crippen LogP contribution in [0.15, 0.2) is 11.4 Å². The zero-order chi connectivity index (χ0) is 13.1. The van der Waals surface area contributed by atoms with Crippen LogP contribution in [0.1, 0.15) is 46.2 Å². The van der Waals surface area contributed by atoms with Crippen LogP contribution in [0.2, 0.25) is 0 Å². The smallest absolute Gasteiger partial charge is 0.264 e. The number of thiophene rings is 1. The Kier molecular flexibility index (Phi) is 4.14. The van der Waals surface area contributed by atoms with Crippen molar-refractivity contribution in [2.75, 3.05) is 13.1 Å². The molecule has 2 N–H and O–H groups in total. The van der Waals surface area contributed by atoms with Gasteiger partial charge in [0.1, 0.15) is 0 Å². The minimum Gasteiger partial charge on any atom is -0.334 e. The number of Topliss-reactive ketones (excluding diaryl/α,β-unsaturated/α-hetero) is 1. The van der Waals surface area contributed by atoms with Crippen molar-refractivity contribution < 1.29 is 9.59 Å². The molecule has 1 amide bonds. The Balaban J connectivity index is 2.15. The summed E-state index contributed by atoms with van der Waals surface area (Å²) < 4.78 is 0. The van der Waals surface area contributed by atoms with E-state index in [1.807, 2.05) is 4.90 Å². The molecule has 0 saturated carbocycles. The molecule has 5 heteroatoms. The first kappa shape index (κ1) is 13.2. The molecular formula is C13H18N2O2S. The fourth-order valence-corrected chi connectivity index (χ4v) is 3.19. The van der Waals surface area contributed by atoms with Gasteiger partial charge in [-0.1, -0.05) is 0 Å². The average Bonchev–Trinajstić information content (AvgIpc) is 2.87. The second kappa shape index (κ2) is 5.63. The Morgan fingerprint density at radius 1 is 1.50 bits per heavy atom. The van der Waals surface area contributed by atoms with Crippen LogP contribution < -0.4 is 5.73 Å². The third-order valence-corrected chi connectivity index (χ3v) is 4.30. The molecule has 0 aliphatic carbocycles. The van der Waals surface area contributed by atoms with Crippen LogP contribution in [-0.2, 0) is 0 Å². The number of carbonyl (C=O) groups excluding carboxylic acids is 2. The van der Waals surface area contributed by atoms with Gasteiger partial charge in [-0.2, -0.15) is 0 Å². The van der Waals surface area contributed by atoms with Crippen LogP contribution in [0.4, 0.5) is 0 Å². The molecule has 0 spiro atoms. The Morgan fingerprint density at radius 3 is 2.89 bits per heavy atom. The second-order valence-corrected chi connectivity index (χ2v) is 5.55. The predicted molar refractivity (Wildman–Crippen MR) is 72.1 cm³/mol. The Hall–Kier alpha value is -1.20. The van der Waals surface area contributed by atoms with E-state index in [2.05, 4.69) is 0 Å². The summed E-state index contributed by atoms with van der Waals surface area (Å²) in [5.74, 6) is 0.0157. The largest absolute Gasteiger partial charge is 0.334 e. The van der Waals surface area contributed by atoms with Gasteiger partial charge in [-0.05, 0) is 32.3 Å². The summed E-state index contributed by atoms with van der Waals surface area (Å²) in [5, 5.41) is 1.75. The van der Waals surface area contributed by atoms with Crippen molar-refractivity contribution in [3.8, 4) is 0 Å². The number of nitrogens with two attached hydrogens (primary N) is 1. The number of hydrogen-bond acceptors (Lipinski definition) is 4. The number of likely N-dealkylation sites (tertiary alicyclic amines) is 1. The van der Waals surface area contributed by atoms with Gasteiger partial charge >= 0.3 is 0 Å². The highest BCUT2D eigenvalue weighted by Crippen LogP contribution is 2.22. The number of hydrogen-bond donors (Lipinski definition) is 1. The van der Waals surface area contributed by atoms with E-state index < -0.39 is 0 Å². The predicted octanol–water partition coefficient (Wildman–Crippen LogP) is 1.90. The summed E-state index contributed by atoms with van der Waals surface area (Å²) in [6.45, 7) is 2.80. The molecule has 2 heterocycles. The molecule has 1 aromatic heterocycles. The first-order valence-electron chi connectivity index (χ1n) is 6.24. The lowest BCUT2D eigenvalue weighted by atomic mass is 10.0. The van der Waals surface area contributed by atoms with E-state index in [0.717, 1.165) is 25.8 Å². The number of rotatable bonds is 3. The van der Waals surface area contributed by atoms with E-state index in [9.17, 15) is 9.59 Å². The lowest BCUT2D eigenvalue weighted by molar-refractivity contribution is 0.0628. The van der Waals surface area contributed by atoms with Gasteiger partial charge in [-0.15, -0.1) is 11.3 Å². The van der Waals surface area contributed by atoms with Gasteiger partial charge in [0.15, 0.2) is 5.78 Å². The Bertz CT molecular complexity index is 456. The summed E-state index contributed by atoms with van der Waals surface area (Å²) in [5.41, 5.74) is 6.33. The number of ketones is 1. The van der Waals surface area contributed by atoms with Gasteiger partial charge in [0.05, 0.1) is 4.88 Å².